The largest absolute Gasteiger partial charge is 0.309 e. The van der Waals surface area contributed by atoms with Crippen LogP contribution >= 0.6 is 11.3 Å². The molecule has 0 spiro atoms. The second kappa shape index (κ2) is 6.06. The summed E-state index contributed by atoms with van der Waals surface area (Å²) in [5.74, 6) is 0.958. The molecule has 3 rings (SSSR count). The molecule has 1 aromatic carbocycles. The summed E-state index contributed by atoms with van der Waals surface area (Å²) >= 11 is 1.97. The molecule has 0 radical (unpaired) electrons. The van der Waals surface area contributed by atoms with Gasteiger partial charge in [0.25, 0.3) is 0 Å². The van der Waals surface area contributed by atoms with Gasteiger partial charge in [-0.2, -0.15) is 0 Å². The number of hydrogen-bond acceptors (Lipinski definition) is 2. The average molecular weight is 273 g/mol. The quantitative estimate of drug-likeness (QED) is 0.769. The summed E-state index contributed by atoms with van der Waals surface area (Å²) in [6, 6.07) is 11.7. The Labute approximate surface area is 120 Å². The maximum atomic E-state index is 3.76. The van der Waals surface area contributed by atoms with Crippen molar-refractivity contribution in [1.82, 2.24) is 5.32 Å². The van der Waals surface area contributed by atoms with Crippen LogP contribution in [0.25, 0.3) is 10.1 Å². The number of thiophene rings is 1. The predicted octanol–water partition coefficient (Wildman–Crippen LogP) is 5.13. The molecule has 1 aliphatic rings. The molecule has 0 saturated heterocycles. The Kier molecular flexibility index (Phi) is 4.19. The molecule has 1 aromatic heterocycles. The predicted molar refractivity (Wildman–Crippen MR) is 84.8 cm³/mol. The maximum absolute atomic E-state index is 3.76. The van der Waals surface area contributed by atoms with Gasteiger partial charge in [-0.1, -0.05) is 44.4 Å². The molecule has 1 nitrogen and oxygen atoms in total. The number of hydrogen-bond donors (Lipinski definition) is 1. The van der Waals surface area contributed by atoms with E-state index < -0.39 is 0 Å². The van der Waals surface area contributed by atoms with E-state index in [1.807, 2.05) is 11.3 Å². The van der Waals surface area contributed by atoms with Gasteiger partial charge in [0.1, 0.15) is 0 Å². The topological polar surface area (TPSA) is 12.0 Å². The minimum absolute atomic E-state index is 0.572. The summed E-state index contributed by atoms with van der Waals surface area (Å²) in [4.78, 5) is 1.53. The fourth-order valence-electron chi connectivity index (χ4n) is 2.85. The minimum atomic E-state index is 0.572. The van der Waals surface area contributed by atoms with E-state index in [1.54, 1.807) is 0 Å². The first kappa shape index (κ1) is 13.1. The summed E-state index contributed by atoms with van der Waals surface area (Å²) in [6.45, 7) is 3.38. The van der Waals surface area contributed by atoms with E-state index in [4.69, 9.17) is 0 Å². The van der Waals surface area contributed by atoms with Crippen molar-refractivity contribution in [2.24, 2.45) is 5.92 Å². The van der Waals surface area contributed by atoms with Crippen LogP contribution in [0.15, 0.2) is 30.3 Å². The Morgan fingerprint density at radius 2 is 2.16 bits per heavy atom. The molecule has 0 bridgehead atoms. The summed E-state index contributed by atoms with van der Waals surface area (Å²) in [5.41, 5.74) is 0. The molecule has 2 heteroatoms. The smallest absolute Gasteiger partial charge is 0.0417 e. The third kappa shape index (κ3) is 3.01. The van der Waals surface area contributed by atoms with Gasteiger partial charge >= 0.3 is 0 Å². The van der Waals surface area contributed by atoms with Gasteiger partial charge in [-0.05, 0) is 42.8 Å². The summed E-state index contributed by atoms with van der Waals surface area (Å²) in [7, 11) is 0. The molecule has 1 heterocycles. The fraction of sp³-hybridized carbons (Fsp3) is 0.529. The molecular formula is C17H23NS. The molecule has 102 valence electrons. The van der Waals surface area contributed by atoms with Crippen molar-refractivity contribution >= 4 is 21.4 Å². The Hall–Kier alpha value is -0.860. The highest BCUT2D eigenvalue weighted by atomic mass is 32.1. The average Bonchev–Trinajstić information content (AvgIpc) is 2.80. The van der Waals surface area contributed by atoms with Crippen LogP contribution in [0.1, 0.15) is 49.9 Å². The molecule has 2 aromatic rings. The van der Waals surface area contributed by atoms with Crippen LogP contribution in [-0.4, -0.2) is 6.54 Å². The molecule has 1 atom stereocenters. The van der Waals surface area contributed by atoms with Crippen molar-refractivity contribution in [2.75, 3.05) is 6.54 Å². The molecular weight excluding hydrogens is 250 g/mol. The molecule has 0 aliphatic heterocycles. The molecule has 1 fully saturated rings. The van der Waals surface area contributed by atoms with Crippen LogP contribution < -0.4 is 5.32 Å². The van der Waals surface area contributed by atoms with Gasteiger partial charge in [-0.25, -0.2) is 0 Å². The normalized spacial score (nSPS) is 17.5. The highest BCUT2D eigenvalue weighted by Gasteiger charge is 2.23. The van der Waals surface area contributed by atoms with Gasteiger partial charge in [0.2, 0.25) is 0 Å². The monoisotopic (exact) mass is 273 g/mol. The van der Waals surface area contributed by atoms with Gasteiger partial charge in [-0.3, -0.25) is 0 Å². The Bertz CT molecular complexity index is 494. The molecule has 1 aliphatic carbocycles. The zero-order valence-electron chi connectivity index (χ0n) is 11.7. The van der Waals surface area contributed by atoms with Gasteiger partial charge in [0.15, 0.2) is 0 Å². The van der Waals surface area contributed by atoms with Crippen LogP contribution in [0.5, 0.6) is 0 Å². The van der Waals surface area contributed by atoms with Crippen LogP contribution in [-0.2, 0) is 0 Å². The Morgan fingerprint density at radius 1 is 1.32 bits per heavy atom. The van der Waals surface area contributed by atoms with Gasteiger partial charge in [-0.15, -0.1) is 11.3 Å². The molecule has 1 unspecified atom stereocenters. The first-order valence-electron chi connectivity index (χ1n) is 7.58. The lowest BCUT2D eigenvalue weighted by atomic mass is 9.80. The molecule has 19 heavy (non-hydrogen) atoms. The van der Waals surface area contributed by atoms with Crippen molar-refractivity contribution in [1.29, 1.82) is 0 Å². The second-order valence-corrected chi connectivity index (χ2v) is 6.84. The lowest BCUT2D eigenvalue weighted by Gasteiger charge is -2.29. The number of rotatable bonds is 6. The van der Waals surface area contributed by atoms with E-state index in [2.05, 4.69) is 42.6 Å². The lowest BCUT2D eigenvalue weighted by Crippen LogP contribution is -2.26. The van der Waals surface area contributed by atoms with Gasteiger partial charge in [0.05, 0.1) is 0 Å². The molecule has 1 N–H and O–H groups in total. The van der Waals surface area contributed by atoms with Gasteiger partial charge in [0, 0.05) is 15.6 Å². The van der Waals surface area contributed by atoms with Crippen molar-refractivity contribution in [3.8, 4) is 0 Å². The highest BCUT2D eigenvalue weighted by molar-refractivity contribution is 7.19. The van der Waals surface area contributed by atoms with Crippen LogP contribution in [0.4, 0.5) is 0 Å². The van der Waals surface area contributed by atoms with Gasteiger partial charge < -0.3 is 5.32 Å². The van der Waals surface area contributed by atoms with Crippen LogP contribution in [0.3, 0.4) is 0 Å². The SMILES string of the molecule is CCCNC(CC1CCC1)c1cc2ccccc2s1. The maximum Gasteiger partial charge on any atom is 0.0417 e. The number of fused-ring (bicyclic) bond motifs is 1. The van der Waals surface area contributed by atoms with Crippen molar-refractivity contribution in [3.05, 3.63) is 35.2 Å². The molecule has 0 amide bonds. The van der Waals surface area contributed by atoms with E-state index in [9.17, 15) is 0 Å². The first-order chi connectivity index (χ1) is 9.36. The summed E-state index contributed by atoms with van der Waals surface area (Å²) in [6.07, 6.45) is 6.86. The Balaban J connectivity index is 1.79. The third-order valence-corrected chi connectivity index (χ3v) is 5.45. The minimum Gasteiger partial charge on any atom is -0.309 e. The van der Waals surface area contributed by atoms with Crippen molar-refractivity contribution in [3.63, 3.8) is 0 Å². The fourth-order valence-corrected chi connectivity index (χ4v) is 4.01. The second-order valence-electron chi connectivity index (χ2n) is 5.73. The van der Waals surface area contributed by atoms with Crippen LogP contribution in [0, 0.1) is 5.92 Å². The standard InChI is InChI=1S/C17H23NS/c1-2-10-18-15(11-13-6-5-7-13)17-12-14-8-3-4-9-16(14)19-17/h3-4,8-9,12-13,15,18H,2,5-7,10-11H2,1H3. The Morgan fingerprint density at radius 3 is 2.84 bits per heavy atom. The lowest BCUT2D eigenvalue weighted by molar-refractivity contribution is 0.262. The van der Waals surface area contributed by atoms with E-state index in [-0.39, 0.29) is 0 Å². The van der Waals surface area contributed by atoms with Crippen molar-refractivity contribution in [2.45, 2.75) is 45.1 Å². The van der Waals surface area contributed by atoms with E-state index in [0.29, 0.717) is 6.04 Å². The highest BCUT2D eigenvalue weighted by Crippen LogP contribution is 2.38. The zero-order chi connectivity index (χ0) is 13.1. The summed E-state index contributed by atoms with van der Waals surface area (Å²) in [5, 5.41) is 5.16. The number of benzene rings is 1. The summed E-state index contributed by atoms with van der Waals surface area (Å²) < 4.78 is 1.43. The zero-order valence-corrected chi connectivity index (χ0v) is 12.5. The van der Waals surface area contributed by atoms with Crippen LogP contribution in [0.2, 0.25) is 0 Å². The first-order valence-corrected chi connectivity index (χ1v) is 8.40. The third-order valence-electron chi connectivity index (χ3n) is 4.22. The van der Waals surface area contributed by atoms with Crippen molar-refractivity contribution < 1.29 is 0 Å². The number of nitrogens with one attached hydrogen (secondary N) is 1. The van der Waals surface area contributed by atoms with E-state index in [0.717, 1.165) is 12.5 Å². The molecule has 1 saturated carbocycles. The van der Waals surface area contributed by atoms with E-state index >= 15 is 0 Å². The van der Waals surface area contributed by atoms with E-state index in [1.165, 1.54) is 47.1 Å².